The molecule has 3 aromatic rings. The van der Waals surface area contributed by atoms with Crippen molar-refractivity contribution >= 4 is 46.3 Å². The van der Waals surface area contributed by atoms with E-state index in [1.54, 1.807) is 11.3 Å². The molecular weight excluding hydrogens is 312 g/mol. The lowest BCUT2D eigenvalue weighted by Gasteiger charge is -2.05. The zero-order valence-electron chi connectivity index (χ0n) is 11.3. The zero-order valence-corrected chi connectivity index (χ0v) is 13.7. The van der Waals surface area contributed by atoms with Crippen molar-refractivity contribution in [2.24, 2.45) is 0 Å². The van der Waals surface area contributed by atoms with E-state index in [0.29, 0.717) is 0 Å². The number of aromatic amines is 1. The van der Waals surface area contributed by atoms with Crippen molar-refractivity contribution in [2.45, 2.75) is 33.4 Å². The molecule has 3 heterocycles. The van der Waals surface area contributed by atoms with Crippen molar-refractivity contribution < 1.29 is 0 Å². The van der Waals surface area contributed by atoms with Crippen LogP contribution in [0, 0.1) is 11.7 Å². The van der Waals surface area contributed by atoms with Crippen LogP contribution in [0.5, 0.6) is 0 Å². The summed E-state index contributed by atoms with van der Waals surface area (Å²) in [6.07, 6.45) is 0.923. The van der Waals surface area contributed by atoms with Crippen LogP contribution in [0.3, 0.4) is 0 Å². The maximum absolute atomic E-state index is 5.97. The highest BCUT2D eigenvalue weighted by molar-refractivity contribution is 7.71. The molecule has 0 unspecified atom stereocenters. The summed E-state index contributed by atoms with van der Waals surface area (Å²) < 4.78 is 5.71. The van der Waals surface area contributed by atoms with Gasteiger partial charge >= 0.3 is 0 Å². The van der Waals surface area contributed by atoms with E-state index in [-0.39, 0.29) is 0 Å². The fourth-order valence-corrected chi connectivity index (χ4v) is 3.75. The van der Waals surface area contributed by atoms with Gasteiger partial charge < -0.3 is 9.55 Å². The Morgan fingerprint density at radius 2 is 2.25 bits per heavy atom. The molecular formula is C13H15ClN4S2. The Morgan fingerprint density at radius 1 is 1.45 bits per heavy atom. The highest BCUT2D eigenvalue weighted by Crippen LogP contribution is 2.23. The van der Waals surface area contributed by atoms with Crippen LogP contribution < -0.4 is 0 Å². The molecule has 3 aromatic heterocycles. The lowest BCUT2D eigenvalue weighted by atomic mass is 10.3. The van der Waals surface area contributed by atoms with Gasteiger partial charge in [0.15, 0.2) is 10.4 Å². The molecule has 20 heavy (non-hydrogen) atoms. The first-order chi connectivity index (χ1) is 9.60. The van der Waals surface area contributed by atoms with Gasteiger partial charge in [0.05, 0.1) is 10.0 Å². The van der Waals surface area contributed by atoms with E-state index in [1.807, 2.05) is 17.7 Å². The second-order valence-corrected chi connectivity index (χ2v) is 6.82. The molecule has 0 amide bonds. The summed E-state index contributed by atoms with van der Waals surface area (Å²) in [7, 11) is 0. The third kappa shape index (κ3) is 2.32. The normalized spacial score (nSPS) is 11.6. The van der Waals surface area contributed by atoms with Crippen molar-refractivity contribution in [3.63, 3.8) is 0 Å². The van der Waals surface area contributed by atoms with Gasteiger partial charge in [-0.2, -0.15) is 5.10 Å². The summed E-state index contributed by atoms with van der Waals surface area (Å²) in [5, 5.41) is 4.53. The Bertz CT molecular complexity index is 808. The summed E-state index contributed by atoms with van der Waals surface area (Å²) >= 11 is 13.0. The SMILES string of the molecule is CCn1nc(C)c2[nH]c(=S)n(CCc3ccc(Cl)s3)c21. The van der Waals surface area contributed by atoms with Gasteiger partial charge in [0.25, 0.3) is 0 Å². The van der Waals surface area contributed by atoms with Crippen LogP contribution in [0.25, 0.3) is 11.2 Å². The van der Waals surface area contributed by atoms with Gasteiger partial charge in [-0.1, -0.05) is 11.6 Å². The monoisotopic (exact) mass is 326 g/mol. The lowest BCUT2D eigenvalue weighted by molar-refractivity contribution is 0.624. The van der Waals surface area contributed by atoms with E-state index < -0.39 is 0 Å². The van der Waals surface area contributed by atoms with E-state index in [2.05, 4.69) is 27.6 Å². The standard InChI is InChI=1S/C13H15ClN4S2/c1-3-18-12-11(8(2)16-18)15-13(19)17(12)7-6-9-4-5-10(14)20-9/h4-5H,3,6-7H2,1-2H3,(H,15,19). The van der Waals surface area contributed by atoms with E-state index in [0.717, 1.165) is 45.5 Å². The second-order valence-electron chi connectivity index (χ2n) is 4.64. The minimum absolute atomic E-state index is 0.755. The first-order valence-electron chi connectivity index (χ1n) is 6.50. The second kappa shape index (κ2) is 5.35. The van der Waals surface area contributed by atoms with Crippen LogP contribution in [0.4, 0.5) is 0 Å². The van der Waals surface area contributed by atoms with E-state index in [9.17, 15) is 0 Å². The van der Waals surface area contributed by atoms with Crippen LogP contribution in [-0.4, -0.2) is 19.3 Å². The molecule has 0 radical (unpaired) electrons. The average Bonchev–Trinajstić information content (AvgIpc) is 3.05. The number of thiophene rings is 1. The Hall–Kier alpha value is -1.11. The first kappa shape index (κ1) is 13.9. The fourth-order valence-electron chi connectivity index (χ4n) is 2.40. The molecule has 0 saturated carbocycles. The number of hydrogen-bond donors (Lipinski definition) is 1. The number of imidazole rings is 1. The maximum Gasteiger partial charge on any atom is 0.179 e. The van der Waals surface area contributed by atoms with Crippen LogP contribution >= 0.6 is 35.2 Å². The molecule has 3 rings (SSSR count). The van der Waals surface area contributed by atoms with Crippen molar-refractivity contribution in [3.05, 3.63) is 31.8 Å². The van der Waals surface area contributed by atoms with Gasteiger partial charge in [0.2, 0.25) is 0 Å². The van der Waals surface area contributed by atoms with Gasteiger partial charge in [0, 0.05) is 18.0 Å². The maximum atomic E-state index is 5.97. The molecule has 0 aliphatic rings. The van der Waals surface area contributed by atoms with Crippen molar-refractivity contribution in [1.82, 2.24) is 19.3 Å². The number of halogens is 1. The summed E-state index contributed by atoms with van der Waals surface area (Å²) in [6.45, 7) is 5.76. The molecule has 0 atom stereocenters. The molecule has 0 fully saturated rings. The highest BCUT2D eigenvalue weighted by atomic mass is 35.5. The van der Waals surface area contributed by atoms with Gasteiger partial charge in [-0.15, -0.1) is 11.3 Å². The third-order valence-corrected chi connectivity index (χ3v) is 4.96. The molecule has 0 aromatic carbocycles. The number of rotatable bonds is 4. The Kier molecular flexibility index (Phi) is 3.70. The molecule has 0 spiro atoms. The summed E-state index contributed by atoms with van der Waals surface area (Å²) in [6, 6.07) is 4.01. The Morgan fingerprint density at radius 3 is 2.90 bits per heavy atom. The molecule has 0 saturated heterocycles. The van der Waals surface area contributed by atoms with Crippen LogP contribution in [0.2, 0.25) is 4.34 Å². The Balaban J connectivity index is 1.98. The predicted octanol–water partition coefficient (Wildman–Crippen LogP) is 4.18. The van der Waals surface area contributed by atoms with E-state index >= 15 is 0 Å². The summed E-state index contributed by atoms with van der Waals surface area (Å²) in [5.74, 6) is 0. The summed E-state index contributed by atoms with van der Waals surface area (Å²) in [5.41, 5.74) is 3.12. The number of aryl methyl sites for hydroxylation is 4. The van der Waals surface area contributed by atoms with Gasteiger partial charge in [-0.25, -0.2) is 4.68 Å². The molecule has 0 aliphatic heterocycles. The van der Waals surface area contributed by atoms with Crippen molar-refractivity contribution in [2.75, 3.05) is 0 Å². The molecule has 7 heteroatoms. The zero-order chi connectivity index (χ0) is 14.3. The molecule has 1 N–H and O–H groups in total. The van der Waals surface area contributed by atoms with Crippen LogP contribution in [0.1, 0.15) is 17.5 Å². The van der Waals surface area contributed by atoms with Crippen molar-refractivity contribution in [3.8, 4) is 0 Å². The van der Waals surface area contributed by atoms with Gasteiger partial charge in [-0.3, -0.25) is 0 Å². The number of nitrogens with zero attached hydrogens (tertiary/aromatic N) is 3. The van der Waals surface area contributed by atoms with Crippen LogP contribution in [0.15, 0.2) is 12.1 Å². The molecule has 4 nitrogen and oxygen atoms in total. The molecule has 0 bridgehead atoms. The summed E-state index contributed by atoms with van der Waals surface area (Å²) in [4.78, 5) is 4.53. The number of nitrogens with one attached hydrogen (secondary N) is 1. The first-order valence-corrected chi connectivity index (χ1v) is 8.10. The average molecular weight is 327 g/mol. The molecule has 106 valence electrons. The smallest absolute Gasteiger partial charge is 0.179 e. The van der Waals surface area contributed by atoms with Gasteiger partial charge in [-0.05, 0) is 44.6 Å². The Labute approximate surface area is 131 Å². The fraction of sp³-hybridized carbons (Fsp3) is 0.385. The minimum Gasteiger partial charge on any atom is -0.328 e. The topological polar surface area (TPSA) is 38.5 Å². The van der Waals surface area contributed by atoms with Crippen LogP contribution in [-0.2, 0) is 19.5 Å². The van der Waals surface area contributed by atoms with Crippen molar-refractivity contribution in [1.29, 1.82) is 0 Å². The van der Waals surface area contributed by atoms with E-state index in [4.69, 9.17) is 23.8 Å². The lowest BCUT2D eigenvalue weighted by Crippen LogP contribution is -2.06. The number of H-pyrrole nitrogens is 1. The predicted molar refractivity (Wildman–Crippen MR) is 86.4 cm³/mol. The van der Waals surface area contributed by atoms with E-state index in [1.165, 1.54) is 4.88 Å². The largest absolute Gasteiger partial charge is 0.328 e. The number of hydrogen-bond acceptors (Lipinski definition) is 3. The van der Waals surface area contributed by atoms with Gasteiger partial charge in [0.1, 0.15) is 5.52 Å². The molecule has 0 aliphatic carbocycles. The number of fused-ring (bicyclic) bond motifs is 1. The minimum atomic E-state index is 0.755. The quantitative estimate of drug-likeness (QED) is 0.730. The third-order valence-electron chi connectivity index (χ3n) is 3.34. The highest BCUT2D eigenvalue weighted by Gasteiger charge is 2.13. The number of aromatic nitrogens is 4.